The highest BCUT2D eigenvalue weighted by Gasteiger charge is 2.11. The first-order valence-corrected chi connectivity index (χ1v) is 9.62. The summed E-state index contributed by atoms with van der Waals surface area (Å²) in [5.74, 6) is 0.191. The van der Waals surface area contributed by atoms with Crippen LogP contribution in [0, 0.1) is 0 Å². The number of amides is 1. The number of carbonyl (C=O) groups is 1. The number of nitrogens with zero attached hydrogens (tertiary/aromatic N) is 1. The maximum Gasteiger partial charge on any atom is 0.273 e. The van der Waals surface area contributed by atoms with Gasteiger partial charge in [0.1, 0.15) is 12.4 Å². The van der Waals surface area contributed by atoms with Gasteiger partial charge in [0.15, 0.2) is 0 Å². The number of anilines is 1. The minimum absolute atomic E-state index is 0.156. The molecule has 0 saturated heterocycles. The first kappa shape index (κ1) is 21.0. The van der Waals surface area contributed by atoms with Gasteiger partial charge in [0.25, 0.3) is 5.91 Å². The van der Waals surface area contributed by atoms with Gasteiger partial charge in [-0.15, -0.1) is 0 Å². The summed E-state index contributed by atoms with van der Waals surface area (Å²) < 4.78 is 5.77. The molecule has 1 amide bonds. The molecular weight excluding hydrogens is 433 g/mol. The van der Waals surface area contributed by atoms with Crippen molar-refractivity contribution in [1.29, 1.82) is 0 Å². The monoisotopic (exact) mass is 447 g/mol. The highest BCUT2D eigenvalue weighted by molar-refractivity contribution is 6.44. The first-order chi connectivity index (χ1) is 14.0. The van der Waals surface area contributed by atoms with E-state index in [9.17, 15) is 4.79 Å². The van der Waals surface area contributed by atoms with Crippen molar-refractivity contribution in [3.05, 3.63) is 92.4 Å². The molecule has 3 aromatic rings. The van der Waals surface area contributed by atoms with Gasteiger partial charge in [-0.3, -0.25) is 4.79 Å². The zero-order chi connectivity index (χ0) is 20.8. The van der Waals surface area contributed by atoms with Crippen LogP contribution in [-0.4, -0.2) is 12.1 Å². The van der Waals surface area contributed by atoms with E-state index in [-0.39, 0.29) is 6.61 Å². The molecule has 0 saturated carbocycles. The van der Waals surface area contributed by atoms with Crippen molar-refractivity contribution >= 4 is 52.6 Å². The summed E-state index contributed by atoms with van der Waals surface area (Å²) in [6, 6.07) is 17.2. The van der Waals surface area contributed by atoms with E-state index in [1.54, 1.807) is 54.6 Å². The zero-order valence-electron chi connectivity index (χ0n) is 15.0. The van der Waals surface area contributed by atoms with E-state index in [1.165, 1.54) is 6.21 Å². The molecule has 5 nitrogen and oxygen atoms in total. The molecule has 0 aliphatic rings. The summed E-state index contributed by atoms with van der Waals surface area (Å²) in [6.45, 7) is 0.156. The van der Waals surface area contributed by atoms with Gasteiger partial charge in [-0.05, 0) is 42.0 Å². The van der Waals surface area contributed by atoms with Crippen molar-refractivity contribution in [2.75, 3.05) is 5.73 Å². The number of hydrogen-bond donors (Lipinski definition) is 2. The molecule has 0 fully saturated rings. The number of rotatable bonds is 6. The van der Waals surface area contributed by atoms with Crippen molar-refractivity contribution in [3.8, 4) is 5.75 Å². The van der Waals surface area contributed by atoms with Gasteiger partial charge >= 0.3 is 0 Å². The summed E-state index contributed by atoms with van der Waals surface area (Å²) in [4.78, 5) is 12.1. The number of nitrogens with one attached hydrogen (secondary N) is 1. The average Bonchev–Trinajstić information content (AvgIpc) is 2.71. The highest BCUT2D eigenvalue weighted by Crippen LogP contribution is 2.32. The average molecular weight is 449 g/mol. The molecule has 3 aromatic carbocycles. The Morgan fingerprint density at radius 3 is 2.59 bits per heavy atom. The minimum atomic E-state index is -0.392. The van der Waals surface area contributed by atoms with Crippen LogP contribution in [0.5, 0.6) is 5.75 Å². The third-order valence-electron chi connectivity index (χ3n) is 3.97. The van der Waals surface area contributed by atoms with E-state index in [0.29, 0.717) is 37.6 Å². The fourth-order valence-electron chi connectivity index (χ4n) is 2.47. The molecule has 0 aliphatic heterocycles. The lowest BCUT2D eigenvalue weighted by Gasteiger charge is -2.11. The number of ether oxygens (including phenoxy) is 1. The normalized spacial score (nSPS) is 10.9. The molecule has 0 spiro atoms. The van der Waals surface area contributed by atoms with Crippen LogP contribution in [0.1, 0.15) is 21.5 Å². The summed E-state index contributed by atoms with van der Waals surface area (Å²) in [7, 11) is 0. The van der Waals surface area contributed by atoms with Crippen molar-refractivity contribution in [2.24, 2.45) is 5.10 Å². The summed E-state index contributed by atoms with van der Waals surface area (Å²) in [5.41, 5.74) is 10.3. The zero-order valence-corrected chi connectivity index (χ0v) is 17.3. The Bertz CT molecular complexity index is 1070. The molecule has 0 radical (unpaired) electrons. The second-order valence-electron chi connectivity index (χ2n) is 5.97. The third kappa shape index (κ3) is 5.41. The number of nitrogens with two attached hydrogens (primary N) is 1. The standard InChI is InChI=1S/C21H16Cl3N3O2/c22-17-8-9-18(23)20(24)16(17)12-29-14-5-3-4-13(10-14)11-26-27-21(28)15-6-1-2-7-19(15)25/h1-11H,12,25H2,(H,27,28)/b26-11+. The van der Waals surface area contributed by atoms with Gasteiger partial charge < -0.3 is 10.5 Å². The molecule has 3 N–H and O–H groups in total. The number of nitrogen functional groups attached to an aromatic ring is 1. The van der Waals surface area contributed by atoms with Gasteiger partial charge in [0, 0.05) is 16.3 Å². The first-order valence-electron chi connectivity index (χ1n) is 8.49. The number of hydrazone groups is 1. The predicted molar refractivity (Wildman–Crippen MR) is 118 cm³/mol. The fourth-order valence-corrected chi connectivity index (χ4v) is 3.13. The second kappa shape index (κ2) is 9.65. The molecule has 8 heteroatoms. The Labute approximate surface area is 183 Å². The van der Waals surface area contributed by atoms with Crippen molar-refractivity contribution < 1.29 is 9.53 Å². The Hall–Kier alpha value is -2.73. The topological polar surface area (TPSA) is 76.7 Å². The lowest BCUT2D eigenvalue weighted by atomic mass is 10.2. The minimum Gasteiger partial charge on any atom is -0.489 e. The SMILES string of the molecule is Nc1ccccc1C(=O)N/N=C/c1cccc(OCc2c(Cl)ccc(Cl)c2Cl)c1. The van der Waals surface area contributed by atoms with Gasteiger partial charge in [-0.1, -0.05) is 59.1 Å². The lowest BCUT2D eigenvalue weighted by Crippen LogP contribution is -2.18. The quantitative estimate of drug-likeness (QED) is 0.224. The molecule has 0 atom stereocenters. The Kier molecular flexibility index (Phi) is 6.99. The fraction of sp³-hybridized carbons (Fsp3) is 0.0476. The number of hydrogen-bond acceptors (Lipinski definition) is 4. The van der Waals surface area contributed by atoms with Crippen LogP contribution in [-0.2, 0) is 6.61 Å². The van der Waals surface area contributed by atoms with Crippen LogP contribution in [0.25, 0.3) is 0 Å². The number of para-hydroxylation sites is 1. The van der Waals surface area contributed by atoms with Gasteiger partial charge in [0.05, 0.1) is 21.8 Å². The highest BCUT2D eigenvalue weighted by atomic mass is 35.5. The molecule has 0 unspecified atom stereocenters. The van der Waals surface area contributed by atoms with Crippen LogP contribution in [0.4, 0.5) is 5.69 Å². The van der Waals surface area contributed by atoms with E-state index in [1.807, 2.05) is 6.07 Å². The maximum absolute atomic E-state index is 12.1. The number of benzene rings is 3. The third-order valence-corrected chi connectivity index (χ3v) is 5.16. The van der Waals surface area contributed by atoms with Gasteiger partial charge in [-0.2, -0.15) is 5.10 Å². The van der Waals surface area contributed by atoms with E-state index in [4.69, 9.17) is 45.3 Å². The Morgan fingerprint density at radius 2 is 1.79 bits per heavy atom. The molecule has 3 rings (SSSR count). The molecule has 0 aliphatic carbocycles. The van der Waals surface area contributed by atoms with Gasteiger partial charge in [-0.25, -0.2) is 5.43 Å². The van der Waals surface area contributed by atoms with E-state index in [0.717, 1.165) is 5.56 Å². The van der Waals surface area contributed by atoms with Crippen LogP contribution in [0.15, 0.2) is 65.8 Å². The summed E-state index contributed by atoms with van der Waals surface area (Å²) in [6.07, 6.45) is 1.50. The molecule has 29 heavy (non-hydrogen) atoms. The summed E-state index contributed by atoms with van der Waals surface area (Å²) >= 11 is 18.4. The molecular formula is C21H16Cl3N3O2. The van der Waals surface area contributed by atoms with E-state index >= 15 is 0 Å². The van der Waals surface area contributed by atoms with Crippen LogP contribution in [0.3, 0.4) is 0 Å². The maximum atomic E-state index is 12.1. The second-order valence-corrected chi connectivity index (χ2v) is 7.16. The number of carbonyl (C=O) groups excluding carboxylic acids is 1. The van der Waals surface area contributed by atoms with Gasteiger partial charge in [0.2, 0.25) is 0 Å². The Balaban J connectivity index is 1.64. The van der Waals surface area contributed by atoms with Crippen LogP contribution < -0.4 is 15.9 Å². The van der Waals surface area contributed by atoms with Crippen molar-refractivity contribution in [2.45, 2.75) is 6.61 Å². The largest absolute Gasteiger partial charge is 0.489 e. The molecule has 0 aromatic heterocycles. The van der Waals surface area contributed by atoms with Crippen molar-refractivity contribution in [3.63, 3.8) is 0 Å². The molecule has 0 bridgehead atoms. The molecule has 0 heterocycles. The van der Waals surface area contributed by atoms with Crippen LogP contribution in [0.2, 0.25) is 15.1 Å². The van der Waals surface area contributed by atoms with E-state index in [2.05, 4.69) is 10.5 Å². The molecule has 148 valence electrons. The smallest absolute Gasteiger partial charge is 0.273 e. The number of halogens is 3. The van der Waals surface area contributed by atoms with Crippen LogP contribution >= 0.6 is 34.8 Å². The Morgan fingerprint density at radius 1 is 1.03 bits per heavy atom. The summed E-state index contributed by atoms with van der Waals surface area (Å²) in [5, 5.41) is 5.20. The predicted octanol–water partition coefficient (Wildman–Crippen LogP) is 5.57. The van der Waals surface area contributed by atoms with Crippen molar-refractivity contribution in [1.82, 2.24) is 5.43 Å². The van der Waals surface area contributed by atoms with E-state index < -0.39 is 5.91 Å². The lowest BCUT2D eigenvalue weighted by molar-refractivity contribution is 0.0956.